The number of anilines is 1. The molecule has 7 nitrogen and oxygen atoms in total. The molecule has 0 spiro atoms. The minimum atomic E-state index is -0.520. The van der Waals surface area contributed by atoms with Crippen LogP contribution < -0.4 is 15.4 Å². The monoisotopic (exact) mass is 413 g/mol. The summed E-state index contributed by atoms with van der Waals surface area (Å²) in [6.07, 6.45) is 3.12. The molecule has 7 heteroatoms. The molecule has 0 aliphatic heterocycles. The SMILES string of the molecule is COc1ccc2cccc(NC(=O)C3CCCC(CNC(=O)OC(C)(C)C)C3)c2n1. The summed E-state index contributed by atoms with van der Waals surface area (Å²) >= 11 is 0. The fourth-order valence-electron chi connectivity index (χ4n) is 3.83. The minimum Gasteiger partial charge on any atom is -0.481 e. The Morgan fingerprint density at radius 1 is 1.17 bits per heavy atom. The van der Waals surface area contributed by atoms with E-state index in [0.29, 0.717) is 23.6 Å². The van der Waals surface area contributed by atoms with Crippen LogP contribution in [-0.2, 0) is 9.53 Å². The number of carbonyl (C=O) groups excluding carboxylic acids is 2. The molecular weight excluding hydrogens is 382 g/mol. The molecule has 1 aromatic heterocycles. The first-order valence-electron chi connectivity index (χ1n) is 10.5. The zero-order valence-electron chi connectivity index (χ0n) is 18.2. The van der Waals surface area contributed by atoms with Crippen LogP contribution in [0.5, 0.6) is 5.88 Å². The van der Waals surface area contributed by atoms with Gasteiger partial charge in [0.1, 0.15) is 5.60 Å². The number of hydrogen-bond acceptors (Lipinski definition) is 5. The van der Waals surface area contributed by atoms with E-state index in [0.717, 1.165) is 31.1 Å². The lowest BCUT2D eigenvalue weighted by molar-refractivity contribution is -0.121. The van der Waals surface area contributed by atoms with Gasteiger partial charge in [0.2, 0.25) is 11.8 Å². The van der Waals surface area contributed by atoms with Crippen LogP contribution in [0.15, 0.2) is 30.3 Å². The molecular formula is C23H31N3O4. The van der Waals surface area contributed by atoms with Gasteiger partial charge in [-0.2, -0.15) is 0 Å². The first kappa shape index (κ1) is 21.9. The summed E-state index contributed by atoms with van der Waals surface area (Å²) in [7, 11) is 1.57. The van der Waals surface area contributed by atoms with Crippen molar-refractivity contribution in [2.45, 2.75) is 52.1 Å². The number of para-hydroxylation sites is 1. The molecule has 1 saturated carbocycles. The molecule has 1 aliphatic carbocycles. The fraction of sp³-hybridized carbons (Fsp3) is 0.522. The molecule has 1 aliphatic rings. The van der Waals surface area contributed by atoms with Crippen molar-refractivity contribution in [3.05, 3.63) is 30.3 Å². The molecule has 1 fully saturated rings. The summed E-state index contributed by atoms with van der Waals surface area (Å²) in [6.45, 7) is 6.04. The summed E-state index contributed by atoms with van der Waals surface area (Å²) in [5, 5.41) is 6.83. The van der Waals surface area contributed by atoms with E-state index in [1.165, 1.54) is 0 Å². The van der Waals surface area contributed by atoms with Crippen molar-refractivity contribution in [3.8, 4) is 5.88 Å². The molecule has 30 heavy (non-hydrogen) atoms. The maximum Gasteiger partial charge on any atom is 0.407 e. The average molecular weight is 414 g/mol. The highest BCUT2D eigenvalue weighted by Crippen LogP contribution is 2.31. The third kappa shape index (κ3) is 5.84. The molecule has 1 heterocycles. The molecule has 2 amide bonds. The number of alkyl carbamates (subject to hydrolysis) is 1. The number of benzene rings is 1. The number of nitrogens with one attached hydrogen (secondary N) is 2. The number of amides is 2. The van der Waals surface area contributed by atoms with Gasteiger partial charge in [0, 0.05) is 23.9 Å². The minimum absolute atomic E-state index is 0.00547. The molecule has 162 valence electrons. The summed E-state index contributed by atoms with van der Waals surface area (Å²) in [5.74, 6) is 0.669. The van der Waals surface area contributed by atoms with Crippen LogP contribution in [0.25, 0.3) is 10.9 Å². The van der Waals surface area contributed by atoms with Gasteiger partial charge in [-0.1, -0.05) is 18.6 Å². The van der Waals surface area contributed by atoms with Gasteiger partial charge in [0.05, 0.1) is 18.3 Å². The molecule has 0 radical (unpaired) electrons. The fourth-order valence-corrected chi connectivity index (χ4v) is 3.83. The average Bonchev–Trinajstić information content (AvgIpc) is 2.71. The van der Waals surface area contributed by atoms with E-state index in [-0.39, 0.29) is 17.7 Å². The topological polar surface area (TPSA) is 89.6 Å². The van der Waals surface area contributed by atoms with Crippen molar-refractivity contribution in [1.82, 2.24) is 10.3 Å². The summed E-state index contributed by atoms with van der Waals surface area (Å²) < 4.78 is 10.5. The Bertz CT molecular complexity index is 907. The van der Waals surface area contributed by atoms with Crippen molar-refractivity contribution < 1.29 is 19.1 Å². The highest BCUT2D eigenvalue weighted by molar-refractivity contribution is 6.01. The van der Waals surface area contributed by atoms with E-state index < -0.39 is 11.7 Å². The number of nitrogens with zero attached hydrogens (tertiary/aromatic N) is 1. The summed E-state index contributed by atoms with van der Waals surface area (Å²) in [4.78, 5) is 29.3. The quantitative estimate of drug-likeness (QED) is 0.753. The van der Waals surface area contributed by atoms with E-state index >= 15 is 0 Å². The van der Waals surface area contributed by atoms with Crippen molar-refractivity contribution >= 4 is 28.6 Å². The lowest BCUT2D eigenvalue weighted by atomic mass is 9.81. The predicted molar refractivity (Wildman–Crippen MR) is 117 cm³/mol. The highest BCUT2D eigenvalue weighted by atomic mass is 16.6. The van der Waals surface area contributed by atoms with E-state index in [9.17, 15) is 9.59 Å². The molecule has 1 aromatic carbocycles. The third-order valence-electron chi connectivity index (χ3n) is 5.25. The van der Waals surface area contributed by atoms with Crippen LogP contribution >= 0.6 is 0 Å². The van der Waals surface area contributed by atoms with Crippen LogP contribution in [0.3, 0.4) is 0 Å². The lowest BCUT2D eigenvalue weighted by Crippen LogP contribution is -2.37. The number of hydrogen-bond donors (Lipinski definition) is 2. The summed E-state index contributed by atoms with van der Waals surface area (Å²) in [6, 6.07) is 9.45. The molecule has 2 atom stereocenters. The number of fused-ring (bicyclic) bond motifs is 1. The van der Waals surface area contributed by atoms with Crippen LogP contribution in [0.1, 0.15) is 46.5 Å². The van der Waals surface area contributed by atoms with Gasteiger partial charge in [0.15, 0.2) is 0 Å². The largest absolute Gasteiger partial charge is 0.481 e. The summed E-state index contributed by atoms with van der Waals surface area (Å²) in [5.41, 5.74) is 0.878. The Morgan fingerprint density at radius 2 is 1.97 bits per heavy atom. The number of rotatable bonds is 5. The normalized spacial score (nSPS) is 19.2. The molecule has 2 aromatic rings. The van der Waals surface area contributed by atoms with Gasteiger partial charge in [-0.15, -0.1) is 0 Å². The van der Waals surface area contributed by atoms with Gasteiger partial charge in [-0.05, 0) is 58.1 Å². The molecule has 3 rings (SSSR count). The zero-order valence-corrected chi connectivity index (χ0v) is 18.2. The van der Waals surface area contributed by atoms with E-state index in [1.54, 1.807) is 13.2 Å². The van der Waals surface area contributed by atoms with Gasteiger partial charge in [-0.3, -0.25) is 4.79 Å². The number of carbonyl (C=O) groups is 2. The first-order valence-corrected chi connectivity index (χ1v) is 10.5. The molecule has 0 bridgehead atoms. The third-order valence-corrected chi connectivity index (χ3v) is 5.25. The van der Waals surface area contributed by atoms with Crippen LogP contribution in [-0.4, -0.2) is 36.2 Å². The molecule has 2 unspecified atom stereocenters. The van der Waals surface area contributed by atoms with Crippen molar-refractivity contribution in [2.75, 3.05) is 19.0 Å². The molecule has 2 N–H and O–H groups in total. The highest BCUT2D eigenvalue weighted by Gasteiger charge is 2.28. The Kier molecular flexibility index (Phi) is 6.80. The van der Waals surface area contributed by atoms with Gasteiger partial charge in [-0.25, -0.2) is 9.78 Å². The second-order valence-electron chi connectivity index (χ2n) is 8.83. The van der Waals surface area contributed by atoms with Crippen LogP contribution in [0, 0.1) is 11.8 Å². The number of methoxy groups -OCH3 is 1. The van der Waals surface area contributed by atoms with E-state index in [1.807, 2.05) is 45.0 Å². The van der Waals surface area contributed by atoms with Crippen molar-refractivity contribution in [3.63, 3.8) is 0 Å². The van der Waals surface area contributed by atoms with Gasteiger partial charge < -0.3 is 20.1 Å². The second kappa shape index (κ2) is 9.32. The van der Waals surface area contributed by atoms with Crippen LogP contribution in [0.4, 0.5) is 10.5 Å². The van der Waals surface area contributed by atoms with E-state index in [4.69, 9.17) is 9.47 Å². The Hall–Kier alpha value is -2.83. The number of aromatic nitrogens is 1. The number of pyridine rings is 1. The maximum atomic E-state index is 13.0. The molecule has 0 saturated heterocycles. The Labute approximate surface area is 177 Å². The van der Waals surface area contributed by atoms with Crippen LogP contribution in [0.2, 0.25) is 0 Å². The van der Waals surface area contributed by atoms with Gasteiger partial charge >= 0.3 is 6.09 Å². The van der Waals surface area contributed by atoms with Gasteiger partial charge in [0.25, 0.3) is 0 Å². The van der Waals surface area contributed by atoms with Crippen molar-refractivity contribution in [2.24, 2.45) is 11.8 Å². The predicted octanol–water partition coefficient (Wildman–Crippen LogP) is 4.51. The number of ether oxygens (including phenoxy) is 2. The second-order valence-corrected chi connectivity index (χ2v) is 8.83. The maximum absolute atomic E-state index is 13.0. The Morgan fingerprint density at radius 3 is 2.70 bits per heavy atom. The lowest BCUT2D eigenvalue weighted by Gasteiger charge is -2.29. The Balaban J connectivity index is 1.61. The zero-order chi connectivity index (χ0) is 21.7. The first-order chi connectivity index (χ1) is 14.2. The van der Waals surface area contributed by atoms with Crippen molar-refractivity contribution in [1.29, 1.82) is 0 Å². The van der Waals surface area contributed by atoms with E-state index in [2.05, 4.69) is 15.6 Å². The standard InChI is InChI=1S/C23H31N3O4/c1-23(2,3)30-22(28)24-14-15-7-5-9-17(13-15)21(27)25-18-10-6-8-16-11-12-19(29-4)26-20(16)18/h6,8,10-12,15,17H,5,7,9,13-14H2,1-4H3,(H,24,28)(H,25,27). The smallest absolute Gasteiger partial charge is 0.407 e.